The molecule has 3 aliphatic rings. The molecule has 0 aliphatic carbocycles. The Hall–Kier alpha value is -2.22. The summed E-state index contributed by atoms with van der Waals surface area (Å²) in [6.07, 6.45) is 0. The van der Waals surface area contributed by atoms with E-state index in [9.17, 15) is 9.59 Å². The molecule has 5 nitrogen and oxygen atoms in total. The van der Waals surface area contributed by atoms with E-state index in [1.807, 2.05) is 66.5 Å². The van der Waals surface area contributed by atoms with Crippen molar-refractivity contribution in [2.75, 3.05) is 18.9 Å². The molecular formula is C20H17N3O2S2. The molecule has 0 radical (unpaired) electrons. The summed E-state index contributed by atoms with van der Waals surface area (Å²) in [7, 11) is 1.92. The van der Waals surface area contributed by atoms with Crippen molar-refractivity contribution >= 4 is 45.8 Å². The van der Waals surface area contributed by atoms with Crippen molar-refractivity contribution in [2.45, 2.75) is 16.2 Å². The third kappa shape index (κ3) is 1.91. The van der Waals surface area contributed by atoms with Gasteiger partial charge < -0.3 is 10.6 Å². The fourth-order valence-electron chi connectivity index (χ4n) is 4.96. The van der Waals surface area contributed by atoms with Gasteiger partial charge in [0.2, 0.25) is 5.91 Å². The van der Waals surface area contributed by atoms with Crippen LogP contribution in [-0.2, 0) is 15.1 Å². The number of nitrogens with zero attached hydrogens (tertiary/aromatic N) is 1. The lowest BCUT2D eigenvalue weighted by atomic mass is 9.72. The smallest absolute Gasteiger partial charge is 0.251 e. The van der Waals surface area contributed by atoms with Gasteiger partial charge in [-0.2, -0.15) is 0 Å². The minimum absolute atomic E-state index is 0.169. The number of carbonyl (C=O) groups is 2. The maximum Gasteiger partial charge on any atom is 0.251 e. The molecule has 2 N–H and O–H groups in total. The lowest BCUT2D eigenvalue weighted by Crippen LogP contribution is -2.61. The highest BCUT2D eigenvalue weighted by Gasteiger charge is 2.76. The molecule has 136 valence electrons. The van der Waals surface area contributed by atoms with Crippen LogP contribution in [0.15, 0.2) is 54.6 Å². The minimum Gasteiger partial charge on any atom is -0.324 e. The largest absolute Gasteiger partial charge is 0.324 e. The van der Waals surface area contributed by atoms with Crippen molar-refractivity contribution in [1.29, 1.82) is 0 Å². The molecule has 3 atom stereocenters. The number of rotatable bonds is 1. The van der Waals surface area contributed by atoms with Crippen LogP contribution < -0.4 is 10.6 Å². The number of nitrogens with one attached hydrogen (secondary N) is 2. The summed E-state index contributed by atoms with van der Waals surface area (Å²) in [6.45, 7) is 0.578. The lowest BCUT2D eigenvalue weighted by Gasteiger charge is -2.41. The lowest BCUT2D eigenvalue weighted by molar-refractivity contribution is -0.133. The molecule has 0 aromatic heterocycles. The Morgan fingerprint density at radius 1 is 1.04 bits per heavy atom. The van der Waals surface area contributed by atoms with Gasteiger partial charge in [-0.05, 0) is 18.7 Å². The second kappa shape index (κ2) is 5.64. The SMILES string of the molecule is CN1C[C@@H](c2ccccc2)[C@@]2(SC(=S)NC2=O)[C@@]12C(=O)Nc1ccccc12. The standard InChI is InChI=1S/C20H17N3O2S2/c1-23-11-14(12-7-3-2-4-8-12)20(17(25)22-18(26)27-20)19(23)13-9-5-6-10-15(13)21-16(19)24/h2-10,14H,11H2,1H3,(H,21,24)(H,22,25,26)/t14-,19+,20-/m0/s1. The first kappa shape index (κ1) is 16.9. The van der Waals surface area contributed by atoms with Crippen molar-refractivity contribution in [2.24, 2.45) is 0 Å². The van der Waals surface area contributed by atoms with Crippen LogP contribution >= 0.6 is 24.0 Å². The van der Waals surface area contributed by atoms with E-state index in [1.54, 1.807) is 0 Å². The number of amides is 2. The van der Waals surface area contributed by atoms with E-state index in [4.69, 9.17) is 12.2 Å². The Morgan fingerprint density at radius 2 is 1.74 bits per heavy atom. The maximum atomic E-state index is 13.5. The Bertz CT molecular complexity index is 996. The van der Waals surface area contributed by atoms with Gasteiger partial charge in [-0.15, -0.1) is 0 Å². The number of thioether (sulfide) groups is 1. The summed E-state index contributed by atoms with van der Waals surface area (Å²) in [5.74, 6) is -0.536. The van der Waals surface area contributed by atoms with E-state index in [1.165, 1.54) is 11.8 Å². The van der Waals surface area contributed by atoms with Gasteiger partial charge in [0, 0.05) is 23.7 Å². The zero-order valence-electron chi connectivity index (χ0n) is 14.6. The summed E-state index contributed by atoms with van der Waals surface area (Å²) < 4.78 is -0.635. The molecular weight excluding hydrogens is 378 g/mol. The average molecular weight is 396 g/mol. The van der Waals surface area contributed by atoms with Crippen LogP contribution in [0.2, 0.25) is 0 Å². The molecule has 2 spiro atoms. The molecule has 2 aromatic carbocycles. The number of hydrogen-bond acceptors (Lipinski definition) is 5. The van der Waals surface area contributed by atoms with Crippen LogP contribution in [0.3, 0.4) is 0 Å². The van der Waals surface area contributed by atoms with E-state index in [2.05, 4.69) is 10.6 Å². The number of benzene rings is 2. The van der Waals surface area contributed by atoms with Crippen LogP contribution in [0.25, 0.3) is 0 Å². The maximum absolute atomic E-state index is 13.5. The van der Waals surface area contributed by atoms with Gasteiger partial charge in [-0.25, -0.2) is 0 Å². The summed E-state index contributed by atoms with van der Waals surface area (Å²) in [6, 6.07) is 17.5. The fraction of sp³-hybridized carbons (Fsp3) is 0.250. The minimum atomic E-state index is -1.11. The molecule has 2 saturated heterocycles. The number of fused-ring (bicyclic) bond motifs is 3. The number of likely N-dealkylation sites (N-methyl/N-ethyl adjacent to an activating group) is 1. The molecule has 3 heterocycles. The van der Waals surface area contributed by atoms with E-state index in [-0.39, 0.29) is 17.7 Å². The number of likely N-dealkylation sites (tertiary alicyclic amines) is 1. The Morgan fingerprint density at radius 3 is 2.44 bits per heavy atom. The predicted octanol–water partition coefficient (Wildman–Crippen LogP) is 2.45. The predicted molar refractivity (Wildman–Crippen MR) is 110 cm³/mol. The summed E-state index contributed by atoms with van der Waals surface area (Å²) in [5.41, 5.74) is 1.52. The second-order valence-corrected chi connectivity index (χ2v) is 9.06. The van der Waals surface area contributed by atoms with Gasteiger partial charge in [0.1, 0.15) is 9.07 Å². The normalized spacial score (nSPS) is 32.2. The number of thiocarbonyl (C=S) groups is 1. The number of para-hydroxylation sites is 1. The van der Waals surface area contributed by atoms with Gasteiger partial charge in [-0.1, -0.05) is 72.5 Å². The average Bonchev–Trinajstić information content (AvgIpc) is 3.23. The first-order valence-electron chi connectivity index (χ1n) is 8.73. The number of hydrogen-bond donors (Lipinski definition) is 2. The Labute approximate surface area is 166 Å². The van der Waals surface area contributed by atoms with Crippen LogP contribution in [0.4, 0.5) is 5.69 Å². The van der Waals surface area contributed by atoms with Gasteiger partial charge in [0.25, 0.3) is 5.91 Å². The van der Waals surface area contributed by atoms with Crippen molar-refractivity contribution < 1.29 is 9.59 Å². The van der Waals surface area contributed by atoms with Crippen molar-refractivity contribution in [3.05, 3.63) is 65.7 Å². The summed E-state index contributed by atoms with van der Waals surface area (Å²) in [4.78, 5) is 28.9. The first-order valence-corrected chi connectivity index (χ1v) is 9.96. The highest BCUT2D eigenvalue weighted by molar-refractivity contribution is 8.25. The fourth-order valence-corrected chi connectivity index (χ4v) is 6.89. The van der Waals surface area contributed by atoms with Gasteiger partial charge in [0.05, 0.1) is 0 Å². The van der Waals surface area contributed by atoms with Crippen LogP contribution in [0.1, 0.15) is 17.0 Å². The van der Waals surface area contributed by atoms with Crippen LogP contribution in [0, 0.1) is 0 Å². The van der Waals surface area contributed by atoms with Gasteiger partial charge >= 0.3 is 0 Å². The van der Waals surface area contributed by atoms with E-state index >= 15 is 0 Å². The summed E-state index contributed by atoms with van der Waals surface area (Å²) in [5, 5.41) is 5.82. The third-order valence-corrected chi connectivity index (χ3v) is 7.69. The first-order chi connectivity index (χ1) is 13.0. The highest BCUT2D eigenvalue weighted by Crippen LogP contribution is 2.64. The van der Waals surface area contributed by atoms with E-state index < -0.39 is 10.3 Å². The molecule has 27 heavy (non-hydrogen) atoms. The van der Waals surface area contributed by atoms with Gasteiger partial charge in [0.15, 0.2) is 5.54 Å². The Balaban J connectivity index is 1.83. The molecule has 0 saturated carbocycles. The highest BCUT2D eigenvalue weighted by atomic mass is 32.2. The van der Waals surface area contributed by atoms with Crippen molar-refractivity contribution in [3.8, 4) is 0 Å². The van der Waals surface area contributed by atoms with Crippen molar-refractivity contribution in [3.63, 3.8) is 0 Å². The topological polar surface area (TPSA) is 61.4 Å². The number of anilines is 1. The van der Waals surface area contributed by atoms with Gasteiger partial charge in [-0.3, -0.25) is 14.5 Å². The Kier molecular flexibility index (Phi) is 3.53. The third-order valence-electron chi connectivity index (χ3n) is 5.96. The molecule has 2 fully saturated rings. The number of carbonyl (C=O) groups excluding carboxylic acids is 2. The zero-order chi connectivity index (χ0) is 18.8. The molecule has 0 bridgehead atoms. The van der Waals surface area contributed by atoms with E-state index in [0.717, 1.165) is 16.8 Å². The molecule has 2 aromatic rings. The molecule has 0 unspecified atom stereocenters. The summed E-state index contributed by atoms with van der Waals surface area (Å²) >= 11 is 6.71. The zero-order valence-corrected chi connectivity index (χ0v) is 16.2. The molecule has 7 heteroatoms. The molecule has 2 amide bonds. The van der Waals surface area contributed by atoms with Crippen LogP contribution in [-0.4, -0.2) is 39.4 Å². The van der Waals surface area contributed by atoms with Crippen molar-refractivity contribution in [1.82, 2.24) is 10.2 Å². The molecule has 3 aliphatic heterocycles. The van der Waals surface area contributed by atoms with E-state index in [0.29, 0.717) is 10.9 Å². The molecule has 5 rings (SSSR count). The quantitative estimate of drug-likeness (QED) is 0.727. The van der Waals surface area contributed by atoms with Crippen LogP contribution in [0.5, 0.6) is 0 Å². The monoisotopic (exact) mass is 395 g/mol. The second-order valence-electron chi connectivity index (χ2n) is 7.13.